The van der Waals surface area contributed by atoms with Crippen molar-refractivity contribution >= 4 is 33.3 Å². The van der Waals surface area contributed by atoms with E-state index in [4.69, 9.17) is 9.15 Å². The molecule has 4 aromatic rings. The number of ether oxygens (including phenoxy) is 1. The van der Waals surface area contributed by atoms with Gasteiger partial charge in [0.25, 0.3) is 5.91 Å². The lowest BCUT2D eigenvalue weighted by molar-refractivity contribution is 0.0971. The number of rotatable bonds is 6. The summed E-state index contributed by atoms with van der Waals surface area (Å²) < 4.78 is 11.9. The summed E-state index contributed by atoms with van der Waals surface area (Å²) in [7, 11) is 0. The monoisotopic (exact) mass is 474 g/mol. The standard InChI is InChI=1S/C27H26N2O4S/c1-5-6-13-32-19-10-8-18(9-11-19)23-22-24(30)20-14-15(2)7-12-21(20)33-25(22)26(31)29(23)27-28-16(3)17(4)34-27/h7-12,14,23H,5-6,13H2,1-4H3. The second kappa shape index (κ2) is 8.72. The van der Waals surface area contributed by atoms with Crippen molar-refractivity contribution in [1.82, 2.24) is 4.98 Å². The van der Waals surface area contributed by atoms with Crippen LogP contribution in [0, 0.1) is 20.8 Å². The van der Waals surface area contributed by atoms with E-state index in [1.807, 2.05) is 57.2 Å². The van der Waals surface area contributed by atoms with Crippen LogP contribution < -0.4 is 15.1 Å². The number of hydrogen-bond donors (Lipinski definition) is 0. The highest BCUT2D eigenvalue weighted by molar-refractivity contribution is 7.15. The second-order valence-electron chi connectivity index (χ2n) is 8.66. The quantitative estimate of drug-likeness (QED) is 0.316. The molecular weight excluding hydrogens is 448 g/mol. The first-order valence-electron chi connectivity index (χ1n) is 11.5. The minimum Gasteiger partial charge on any atom is -0.494 e. The molecule has 1 aliphatic heterocycles. The molecular formula is C27H26N2O4S. The number of aryl methyl sites for hydroxylation is 3. The number of nitrogens with zero attached hydrogens (tertiary/aromatic N) is 2. The maximum atomic E-state index is 13.7. The summed E-state index contributed by atoms with van der Waals surface area (Å²) in [5.74, 6) is 0.493. The van der Waals surface area contributed by atoms with Crippen LogP contribution in [0.1, 0.15) is 63.6 Å². The van der Waals surface area contributed by atoms with Crippen LogP contribution in [0.3, 0.4) is 0 Å². The fourth-order valence-corrected chi connectivity index (χ4v) is 5.18. The van der Waals surface area contributed by atoms with Crippen molar-refractivity contribution in [1.29, 1.82) is 0 Å². The smallest absolute Gasteiger partial charge is 0.297 e. The fourth-order valence-electron chi connectivity index (χ4n) is 4.24. The Hall–Kier alpha value is -3.45. The molecule has 5 rings (SSSR count). The van der Waals surface area contributed by atoms with Crippen LogP contribution in [0.15, 0.2) is 51.7 Å². The molecule has 6 nitrogen and oxygen atoms in total. The first kappa shape index (κ1) is 22.3. The van der Waals surface area contributed by atoms with E-state index in [9.17, 15) is 9.59 Å². The average molecular weight is 475 g/mol. The van der Waals surface area contributed by atoms with Crippen molar-refractivity contribution in [2.24, 2.45) is 0 Å². The Bertz CT molecular complexity index is 1430. The number of amides is 1. The predicted octanol–water partition coefficient (Wildman–Crippen LogP) is 6.10. The van der Waals surface area contributed by atoms with E-state index in [-0.39, 0.29) is 17.1 Å². The van der Waals surface area contributed by atoms with Crippen molar-refractivity contribution < 1.29 is 13.9 Å². The zero-order chi connectivity index (χ0) is 24.0. The van der Waals surface area contributed by atoms with Gasteiger partial charge in [0.1, 0.15) is 11.3 Å². The van der Waals surface area contributed by atoms with Gasteiger partial charge in [-0.05, 0) is 57.0 Å². The first-order valence-corrected chi connectivity index (χ1v) is 12.3. The number of hydrogen-bond acceptors (Lipinski definition) is 6. The maximum absolute atomic E-state index is 13.7. The largest absolute Gasteiger partial charge is 0.494 e. The van der Waals surface area contributed by atoms with Crippen LogP contribution in [0.2, 0.25) is 0 Å². The van der Waals surface area contributed by atoms with Gasteiger partial charge in [0.15, 0.2) is 10.6 Å². The van der Waals surface area contributed by atoms with Crippen LogP contribution in [0.5, 0.6) is 5.75 Å². The van der Waals surface area contributed by atoms with Gasteiger partial charge in [0.2, 0.25) is 5.76 Å². The summed E-state index contributed by atoms with van der Waals surface area (Å²) >= 11 is 1.44. The van der Waals surface area contributed by atoms with Crippen molar-refractivity contribution in [3.8, 4) is 5.75 Å². The topological polar surface area (TPSA) is 72.6 Å². The predicted molar refractivity (Wildman–Crippen MR) is 134 cm³/mol. The van der Waals surface area contributed by atoms with E-state index in [1.54, 1.807) is 11.0 Å². The number of thiazole rings is 1. The number of fused-ring (bicyclic) bond motifs is 2. The van der Waals surface area contributed by atoms with Crippen LogP contribution in [0.4, 0.5) is 5.13 Å². The molecule has 1 amide bonds. The Labute approximate surface area is 201 Å². The Morgan fingerprint density at radius 2 is 1.85 bits per heavy atom. The normalized spacial score (nSPS) is 15.2. The lowest BCUT2D eigenvalue weighted by atomic mass is 9.98. The summed E-state index contributed by atoms with van der Waals surface area (Å²) in [6.45, 7) is 8.59. The van der Waals surface area contributed by atoms with Gasteiger partial charge >= 0.3 is 0 Å². The number of aromatic nitrogens is 1. The summed E-state index contributed by atoms with van der Waals surface area (Å²) in [6.07, 6.45) is 2.04. The van der Waals surface area contributed by atoms with Gasteiger partial charge in [-0.1, -0.05) is 37.1 Å². The van der Waals surface area contributed by atoms with Gasteiger partial charge in [0, 0.05) is 4.88 Å². The summed E-state index contributed by atoms with van der Waals surface area (Å²) in [6, 6.07) is 12.4. The molecule has 2 aromatic carbocycles. The molecule has 2 aromatic heterocycles. The summed E-state index contributed by atoms with van der Waals surface area (Å²) in [5.41, 5.74) is 3.20. The number of carbonyl (C=O) groups excluding carboxylic acids is 1. The Balaban J connectivity index is 1.68. The van der Waals surface area contributed by atoms with Crippen molar-refractivity contribution in [3.63, 3.8) is 0 Å². The highest BCUT2D eigenvalue weighted by atomic mass is 32.1. The molecule has 34 heavy (non-hydrogen) atoms. The zero-order valence-electron chi connectivity index (χ0n) is 19.7. The lowest BCUT2D eigenvalue weighted by Crippen LogP contribution is -2.29. The molecule has 0 saturated carbocycles. The van der Waals surface area contributed by atoms with Crippen LogP contribution >= 0.6 is 11.3 Å². The molecule has 0 fully saturated rings. The third kappa shape index (κ3) is 3.70. The zero-order valence-corrected chi connectivity index (χ0v) is 20.5. The van der Waals surface area contributed by atoms with Gasteiger partial charge in [-0.3, -0.25) is 14.5 Å². The molecule has 0 aliphatic carbocycles. The van der Waals surface area contributed by atoms with Gasteiger partial charge in [0.05, 0.1) is 29.3 Å². The van der Waals surface area contributed by atoms with E-state index < -0.39 is 6.04 Å². The number of carbonyl (C=O) groups is 1. The number of unbranched alkanes of at least 4 members (excludes halogenated alkanes) is 1. The molecule has 7 heteroatoms. The molecule has 1 unspecified atom stereocenters. The minimum atomic E-state index is -0.627. The van der Waals surface area contributed by atoms with Gasteiger partial charge < -0.3 is 9.15 Å². The SMILES string of the molecule is CCCCOc1ccc(C2c3c(oc4ccc(C)cc4c3=O)C(=O)N2c2nc(C)c(C)s2)cc1. The van der Waals surface area contributed by atoms with E-state index in [2.05, 4.69) is 11.9 Å². The Kier molecular flexibility index (Phi) is 5.73. The molecule has 174 valence electrons. The number of anilines is 1. The van der Waals surface area contributed by atoms with Crippen molar-refractivity contribution in [2.45, 2.75) is 46.6 Å². The average Bonchev–Trinajstić information content (AvgIpc) is 3.31. The molecule has 0 spiro atoms. The second-order valence-corrected chi connectivity index (χ2v) is 9.84. The third-order valence-corrected chi connectivity index (χ3v) is 7.28. The number of benzene rings is 2. The Morgan fingerprint density at radius 3 is 2.53 bits per heavy atom. The summed E-state index contributed by atoms with van der Waals surface area (Å²) in [4.78, 5) is 34.6. The third-order valence-electron chi connectivity index (χ3n) is 6.21. The van der Waals surface area contributed by atoms with Crippen LogP contribution in [-0.2, 0) is 0 Å². The molecule has 0 radical (unpaired) electrons. The highest BCUT2D eigenvalue weighted by Gasteiger charge is 2.45. The molecule has 1 atom stereocenters. The van der Waals surface area contributed by atoms with Crippen molar-refractivity contribution in [3.05, 3.63) is 85.7 Å². The summed E-state index contributed by atoms with van der Waals surface area (Å²) in [5, 5.41) is 1.03. The molecule has 1 aliphatic rings. The van der Waals surface area contributed by atoms with Gasteiger partial charge in [-0.2, -0.15) is 0 Å². The highest BCUT2D eigenvalue weighted by Crippen LogP contribution is 2.43. The van der Waals surface area contributed by atoms with E-state index in [0.717, 1.165) is 40.3 Å². The maximum Gasteiger partial charge on any atom is 0.297 e. The van der Waals surface area contributed by atoms with E-state index in [0.29, 0.717) is 28.3 Å². The van der Waals surface area contributed by atoms with Crippen molar-refractivity contribution in [2.75, 3.05) is 11.5 Å². The molecule has 0 saturated heterocycles. The molecule has 3 heterocycles. The lowest BCUT2D eigenvalue weighted by Gasteiger charge is -2.22. The van der Waals surface area contributed by atoms with Crippen LogP contribution in [-0.4, -0.2) is 17.5 Å². The molecule has 0 N–H and O–H groups in total. The van der Waals surface area contributed by atoms with E-state index in [1.165, 1.54) is 11.3 Å². The van der Waals surface area contributed by atoms with E-state index >= 15 is 0 Å². The first-order chi connectivity index (χ1) is 16.4. The van der Waals surface area contributed by atoms with Crippen LogP contribution in [0.25, 0.3) is 11.0 Å². The minimum absolute atomic E-state index is 0.0835. The Morgan fingerprint density at radius 1 is 1.09 bits per heavy atom. The fraction of sp³-hybridized carbons (Fsp3) is 0.296. The van der Waals surface area contributed by atoms with Gasteiger partial charge in [-0.15, -0.1) is 11.3 Å². The van der Waals surface area contributed by atoms with Gasteiger partial charge in [-0.25, -0.2) is 4.98 Å². The molecule has 0 bridgehead atoms.